The highest BCUT2D eigenvalue weighted by Gasteiger charge is 2.27. The second-order valence-corrected chi connectivity index (χ2v) is 5.69. The second kappa shape index (κ2) is 6.08. The van der Waals surface area contributed by atoms with Crippen molar-refractivity contribution in [1.29, 1.82) is 0 Å². The summed E-state index contributed by atoms with van der Waals surface area (Å²) in [4.78, 5) is 8.97. The first-order valence-electron chi connectivity index (χ1n) is 6.92. The van der Waals surface area contributed by atoms with Gasteiger partial charge in [-0.2, -0.15) is 4.98 Å². The Balaban J connectivity index is 1.91. The van der Waals surface area contributed by atoms with Crippen LogP contribution in [0.3, 0.4) is 0 Å². The molecular formula is C15H15Cl2N3O. The Morgan fingerprint density at radius 3 is 2.81 bits per heavy atom. The van der Waals surface area contributed by atoms with E-state index >= 15 is 0 Å². The molecule has 1 aliphatic carbocycles. The monoisotopic (exact) mass is 323 g/mol. The molecule has 0 radical (unpaired) electrons. The van der Waals surface area contributed by atoms with Gasteiger partial charge in [-0.05, 0) is 31.9 Å². The van der Waals surface area contributed by atoms with E-state index in [1.54, 1.807) is 24.3 Å². The smallest absolute Gasteiger partial charge is 0.224 e. The molecule has 0 amide bonds. The Morgan fingerprint density at radius 2 is 2.10 bits per heavy atom. The van der Waals surface area contributed by atoms with Gasteiger partial charge in [-0.15, -0.1) is 0 Å². The molecule has 1 heterocycles. The fourth-order valence-electron chi connectivity index (χ4n) is 1.97. The number of benzene rings is 1. The molecule has 0 unspecified atom stereocenters. The number of nitrogens with one attached hydrogen (secondary N) is 1. The zero-order valence-electron chi connectivity index (χ0n) is 11.6. The van der Waals surface area contributed by atoms with Crippen LogP contribution in [0.1, 0.15) is 31.5 Å². The largest absolute Gasteiger partial charge is 0.437 e. The molecule has 1 aromatic carbocycles. The van der Waals surface area contributed by atoms with Crippen molar-refractivity contribution >= 4 is 29.0 Å². The van der Waals surface area contributed by atoms with Gasteiger partial charge in [0.1, 0.15) is 22.4 Å². The molecule has 2 aromatic rings. The lowest BCUT2D eigenvalue weighted by Crippen LogP contribution is -2.04. The first-order chi connectivity index (χ1) is 10.2. The highest BCUT2D eigenvalue weighted by atomic mass is 35.5. The number of ether oxygens (including phenoxy) is 1. The van der Waals surface area contributed by atoms with Gasteiger partial charge in [-0.1, -0.05) is 29.3 Å². The van der Waals surface area contributed by atoms with Crippen molar-refractivity contribution < 1.29 is 4.74 Å². The zero-order chi connectivity index (χ0) is 14.8. The van der Waals surface area contributed by atoms with Gasteiger partial charge in [0, 0.05) is 18.5 Å². The van der Waals surface area contributed by atoms with Crippen molar-refractivity contribution in [3.05, 3.63) is 40.1 Å². The van der Waals surface area contributed by atoms with Crippen molar-refractivity contribution in [3.63, 3.8) is 0 Å². The highest BCUT2D eigenvalue weighted by molar-refractivity contribution is 6.42. The van der Waals surface area contributed by atoms with E-state index in [-0.39, 0.29) is 0 Å². The molecule has 0 spiro atoms. The van der Waals surface area contributed by atoms with Crippen LogP contribution in [-0.2, 0) is 0 Å². The zero-order valence-corrected chi connectivity index (χ0v) is 13.1. The summed E-state index contributed by atoms with van der Waals surface area (Å²) in [7, 11) is 0. The lowest BCUT2D eigenvalue weighted by Gasteiger charge is -2.11. The Hall–Kier alpha value is -1.52. The van der Waals surface area contributed by atoms with Crippen LogP contribution < -0.4 is 10.1 Å². The predicted octanol–water partition coefficient (Wildman–Crippen LogP) is 4.88. The maximum atomic E-state index is 6.14. The quantitative estimate of drug-likeness (QED) is 0.851. The molecule has 1 fully saturated rings. The van der Waals surface area contributed by atoms with Crippen molar-refractivity contribution in [3.8, 4) is 11.6 Å². The van der Waals surface area contributed by atoms with Gasteiger partial charge in [0.05, 0.1) is 5.02 Å². The molecule has 110 valence electrons. The third kappa shape index (κ3) is 3.39. The SMILES string of the molecule is CCNc1cc(Oc2cccc(Cl)c2Cl)nc(C2CC2)n1. The Labute approximate surface area is 133 Å². The summed E-state index contributed by atoms with van der Waals surface area (Å²) in [6.45, 7) is 2.81. The number of rotatable bonds is 5. The van der Waals surface area contributed by atoms with Gasteiger partial charge in [0.2, 0.25) is 5.88 Å². The van der Waals surface area contributed by atoms with Crippen LogP contribution in [0.5, 0.6) is 11.6 Å². The molecule has 1 aromatic heterocycles. The Morgan fingerprint density at radius 1 is 1.29 bits per heavy atom. The fourth-order valence-corrected chi connectivity index (χ4v) is 2.30. The van der Waals surface area contributed by atoms with Crippen LogP contribution in [0.25, 0.3) is 0 Å². The van der Waals surface area contributed by atoms with Crippen LogP contribution in [0.4, 0.5) is 5.82 Å². The molecule has 0 bridgehead atoms. The van der Waals surface area contributed by atoms with E-state index in [0.717, 1.165) is 31.0 Å². The summed E-state index contributed by atoms with van der Waals surface area (Å²) >= 11 is 12.1. The van der Waals surface area contributed by atoms with Crippen molar-refractivity contribution in [1.82, 2.24) is 9.97 Å². The minimum atomic E-state index is 0.385. The summed E-state index contributed by atoms with van der Waals surface area (Å²) in [5.41, 5.74) is 0. The summed E-state index contributed by atoms with van der Waals surface area (Å²) in [5, 5.41) is 4.03. The number of anilines is 1. The summed E-state index contributed by atoms with van der Waals surface area (Å²) in [5.74, 6) is 3.00. The van der Waals surface area contributed by atoms with Crippen LogP contribution in [-0.4, -0.2) is 16.5 Å². The van der Waals surface area contributed by atoms with Crippen LogP contribution in [0.15, 0.2) is 24.3 Å². The van der Waals surface area contributed by atoms with Gasteiger partial charge >= 0.3 is 0 Å². The van der Waals surface area contributed by atoms with E-state index in [0.29, 0.717) is 27.6 Å². The molecule has 1 saturated carbocycles. The standard InChI is InChI=1S/C15H15Cl2N3O/c1-2-18-12-8-13(20-15(19-12)9-6-7-9)21-11-5-3-4-10(16)14(11)17/h3-5,8-9H,2,6-7H2,1H3,(H,18,19,20). The third-order valence-electron chi connectivity index (χ3n) is 3.15. The summed E-state index contributed by atoms with van der Waals surface area (Å²) in [6, 6.07) is 7.04. The van der Waals surface area contributed by atoms with E-state index in [1.807, 2.05) is 6.92 Å². The lowest BCUT2D eigenvalue weighted by atomic mass is 10.3. The number of hydrogen-bond acceptors (Lipinski definition) is 4. The minimum absolute atomic E-state index is 0.385. The highest BCUT2D eigenvalue weighted by Crippen LogP contribution is 2.40. The van der Waals surface area contributed by atoms with Crippen LogP contribution in [0.2, 0.25) is 10.0 Å². The van der Waals surface area contributed by atoms with Gasteiger partial charge in [-0.3, -0.25) is 0 Å². The lowest BCUT2D eigenvalue weighted by molar-refractivity contribution is 0.459. The molecule has 4 nitrogen and oxygen atoms in total. The van der Waals surface area contributed by atoms with Gasteiger partial charge < -0.3 is 10.1 Å². The fraction of sp³-hybridized carbons (Fsp3) is 0.333. The predicted molar refractivity (Wildman–Crippen MR) is 84.7 cm³/mol. The van der Waals surface area contributed by atoms with Gasteiger partial charge in [-0.25, -0.2) is 4.98 Å². The topological polar surface area (TPSA) is 47.0 Å². The number of halogens is 2. The molecule has 1 aliphatic rings. The van der Waals surface area contributed by atoms with E-state index < -0.39 is 0 Å². The van der Waals surface area contributed by atoms with E-state index in [1.165, 1.54) is 0 Å². The summed E-state index contributed by atoms with van der Waals surface area (Å²) < 4.78 is 5.79. The van der Waals surface area contributed by atoms with E-state index in [2.05, 4.69) is 15.3 Å². The maximum Gasteiger partial charge on any atom is 0.224 e. The number of nitrogens with zero attached hydrogens (tertiary/aromatic N) is 2. The minimum Gasteiger partial charge on any atom is -0.437 e. The number of aromatic nitrogens is 2. The molecule has 3 rings (SSSR count). The maximum absolute atomic E-state index is 6.14. The normalized spacial score (nSPS) is 14.0. The van der Waals surface area contributed by atoms with Gasteiger partial charge in [0.25, 0.3) is 0 Å². The Kier molecular flexibility index (Phi) is 4.17. The first kappa shape index (κ1) is 14.4. The molecule has 21 heavy (non-hydrogen) atoms. The number of hydrogen-bond donors (Lipinski definition) is 1. The van der Waals surface area contributed by atoms with Crippen molar-refractivity contribution in [2.75, 3.05) is 11.9 Å². The molecule has 0 saturated heterocycles. The molecule has 0 aliphatic heterocycles. The first-order valence-corrected chi connectivity index (χ1v) is 7.67. The average Bonchev–Trinajstić information content (AvgIpc) is 3.29. The molecule has 1 N–H and O–H groups in total. The Bertz CT molecular complexity index is 659. The van der Waals surface area contributed by atoms with Crippen LogP contribution in [0, 0.1) is 0 Å². The molecule has 0 atom stereocenters. The van der Waals surface area contributed by atoms with Crippen molar-refractivity contribution in [2.24, 2.45) is 0 Å². The summed E-state index contributed by atoms with van der Waals surface area (Å²) in [6.07, 6.45) is 2.26. The van der Waals surface area contributed by atoms with E-state index in [4.69, 9.17) is 27.9 Å². The van der Waals surface area contributed by atoms with Gasteiger partial charge in [0.15, 0.2) is 0 Å². The third-order valence-corrected chi connectivity index (χ3v) is 3.95. The van der Waals surface area contributed by atoms with E-state index in [9.17, 15) is 0 Å². The second-order valence-electron chi connectivity index (χ2n) is 4.91. The van der Waals surface area contributed by atoms with Crippen molar-refractivity contribution in [2.45, 2.75) is 25.7 Å². The molecule has 6 heteroatoms. The molecular weight excluding hydrogens is 309 g/mol. The average molecular weight is 324 g/mol. The van der Waals surface area contributed by atoms with Crippen LogP contribution >= 0.6 is 23.2 Å².